The number of amides is 1. The summed E-state index contributed by atoms with van der Waals surface area (Å²) in [7, 11) is 0. The van der Waals surface area contributed by atoms with Gasteiger partial charge >= 0.3 is 6.09 Å². The van der Waals surface area contributed by atoms with Gasteiger partial charge in [-0.25, -0.2) is 4.79 Å². The number of hydrogen-bond donors (Lipinski definition) is 1. The van der Waals surface area contributed by atoms with Gasteiger partial charge in [0.2, 0.25) is 0 Å². The predicted molar refractivity (Wildman–Crippen MR) is 68.1 cm³/mol. The van der Waals surface area contributed by atoms with Gasteiger partial charge in [-0.15, -0.1) is 12.3 Å². The molecule has 0 spiro atoms. The number of hydrogen-bond acceptors (Lipinski definition) is 3. The molecule has 4 nitrogen and oxygen atoms in total. The first-order valence-corrected chi connectivity index (χ1v) is 6.41. The van der Waals surface area contributed by atoms with Crippen LogP contribution in [-0.4, -0.2) is 29.4 Å². The topological polar surface area (TPSA) is 47.6 Å². The zero-order valence-electron chi connectivity index (χ0n) is 11.3. The summed E-state index contributed by atoms with van der Waals surface area (Å²) in [4.78, 5) is 11.8. The van der Waals surface area contributed by atoms with E-state index in [9.17, 15) is 4.79 Å². The third-order valence-electron chi connectivity index (χ3n) is 3.84. The van der Waals surface area contributed by atoms with Crippen molar-refractivity contribution < 1.29 is 14.3 Å². The lowest BCUT2D eigenvalue weighted by atomic mass is 9.57. The highest BCUT2D eigenvalue weighted by Crippen LogP contribution is 2.55. The van der Waals surface area contributed by atoms with Crippen molar-refractivity contribution in [2.75, 3.05) is 6.61 Å². The fourth-order valence-electron chi connectivity index (χ4n) is 2.72. The van der Waals surface area contributed by atoms with E-state index in [1.54, 1.807) is 0 Å². The zero-order chi connectivity index (χ0) is 13.4. The number of fused-ring (bicyclic) bond motifs is 1. The molecule has 2 fully saturated rings. The van der Waals surface area contributed by atoms with Crippen LogP contribution >= 0.6 is 0 Å². The van der Waals surface area contributed by atoms with Crippen LogP contribution in [0.5, 0.6) is 0 Å². The molecule has 1 amide bonds. The molecule has 0 aromatic carbocycles. The van der Waals surface area contributed by atoms with Crippen molar-refractivity contribution >= 4 is 6.09 Å². The van der Waals surface area contributed by atoms with Gasteiger partial charge in [-0.3, -0.25) is 0 Å². The number of rotatable bonds is 3. The summed E-state index contributed by atoms with van der Waals surface area (Å²) in [6.07, 6.45) is 8.32. The van der Waals surface area contributed by atoms with Crippen molar-refractivity contribution in [1.82, 2.24) is 5.32 Å². The Morgan fingerprint density at radius 3 is 2.61 bits per heavy atom. The minimum Gasteiger partial charge on any atom is -0.444 e. The van der Waals surface area contributed by atoms with Gasteiger partial charge in [0.05, 0.1) is 17.7 Å². The lowest BCUT2D eigenvalue weighted by Crippen LogP contribution is -2.82. The molecule has 0 aromatic heterocycles. The molecule has 2 atom stereocenters. The van der Waals surface area contributed by atoms with Crippen molar-refractivity contribution in [2.45, 2.75) is 63.2 Å². The van der Waals surface area contributed by atoms with E-state index in [-0.39, 0.29) is 17.2 Å². The Bertz CT molecular complexity index is 381. The number of ether oxygens (including phenoxy) is 2. The van der Waals surface area contributed by atoms with Gasteiger partial charge in [0.1, 0.15) is 5.60 Å². The van der Waals surface area contributed by atoms with Crippen LogP contribution < -0.4 is 5.32 Å². The zero-order valence-corrected chi connectivity index (χ0v) is 11.3. The van der Waals surface area contributed by atoms with E-state index >= 15 is 0 Å². The summed E-state index contributed by atoms with van der Waals surface area (Å²) in [6.45, 7) is 6.13. The highest BCUT2D eigenvalue weighted by atomic mass is 16.6. The van der Waals surface area contributed by atoms with Crippen molar-refractivity contribution in [3.8, 4) is 12.3 Å². The molecule has 1 heterocycles. The second kappa shape index (κ2) is 4.17. The van der Waals surface area contributed by atoms with Crippen LogP contribution in [-0.2, 0) is 9.47 Å². The van der Waals surface area contributed by atoms with E-state index < -0.39 is 5.60 Å². The second-order valence-corrected chi connectivity index (χ2v) is 6.20. The summed E-state index contributed by atoms with van der Waals surface area (Å²) in [5.74, 6) is 2.63. The van der Waals surface area contributed by atoms with Crippen LogP contribution in [0.25, 0.3) is 0 Å². The number of terminal acetylenes is 1. The minimum absolute atomic E-state index is 0.240. The highest BCUT2D eigenvalue weighted by molar-refractivity contribution is 5.70. The standard InChI is InChI=1S/C14H21NO3/c1-5-6-7-14-9-8-13(14,10-17-14)15-11(16)18-12(2,3)4/h1H,6-10H2,2-4H3,(H,15,16). The summed E-state index contributed by atoms with van der Waals surface area (Å²) in [5.41, 5.74) is -0.959. The van der Waals surface area contributed by atoms with Gasteiger partial charge in [0.25, 0.3) is 0 Å². The van der Waals surface area contributed by atoms with Crippen molar-refractivity contribution in [1.29, 1.82) is 0 Å². The second-order valence-electron chi connectivity index (χ2n) is 6.20. The molecule has 100 valence electrons. The Labute approximate surface area is 108 Å². The largest absolute Gasteiger partial charge is 0.444 e. The summed E-state index contributed by atoms with van der Waals surface area (Å²) >= 11 is 0. The lowest BCUT2D eigenvalue weighted by Gasteiger charge is -2.66. The van der Waals surface area contributed by atoms with Gasteiger partial charge in [-0.05, 0) is 40.0 Å². The molecule has 1 aliphatic carbocycles. The Balaban J connectivity index is 1.94. The Morgan fingerprint density at radius 1 is 1.50 bits per heavy atom. The van der Waals surface area contributed by atoms with Crippen LogP contribution in [0.1, 0.15) is 46.5 Å². The van der Waals surface area contributed by atoms with E-state index in [4.69, 9.17) is 15.9 Å². The highest BCUT2D eigenvalue weighted by Gasteiger charge is 2.68. The van der Waals surface area contributed by atoms with E-state index in [0.717, 1.165) is 19.3 Å². The van der Waals surface area contributed by atoms with Crippen molar-refractivity contribution in [3.05, 3.63) is 0 Å². The van der Waals surface area contributed by atoms with Crippen molar-refractivity contribution in [2.24, 2.45) is 0 Å². The first-order valence-electron chi connectivity index (χ1n) is 6.41. The maximum absolute atomic E-state index is 11.8. The minimum atomic E-state index is -0.476. The molecule has 0 aromatic rings. The Kier molecular flexibility index (Phi) is 3.06. The van der Waals surface area contributed by atoms with E-state index in [2.05, 4.69) is 11.2 Å². The fraction of sp³-hybridized carbons (Fsp3) is 0.786. The maximum Gasteiger partial charge on any atom is 0.408 e. The first-order chi connectivity index (χ1) is 8.33. The Hall–Kier alpha value is -1.21. The van der Waals surface area contributed by atoms with Crippen molar-refractivity contribution in [3.63, 3.8) is 0 Å². The van der Waals surface area contributed by atoms with Crippen LogP contribution in [0, 0.1) is 12.3 Å². The van der Waals surface area contributed by atoms with Crippen LogP contribution in [0.3, 0.4) is 0 Å². The van der Waals surface area contributed by atoms with E-state index in [1.807, 2.05) is 20.8 Å². The van der Waals surface area contributed by atoms with Gasteiger partial charge in [0.15, 0.2) is 0 Å². The normalized spacial score (nSPS) is 33.4. The van der Waals surface area contributed by atoms with Gasteiger partial charge in [-0.1, -0.05) is 0 Å². The molecular weight excluding hydrogens is 230 g/mol. The SMILES string of the molecule is C#CCCC12CCC1(NC(=O)OC(C)(C)C)CO2. The summed E-state index contributed by atoms with van der Waals surface area (Å²) < 4.78 is 11.0. The molecule has 0 radical (unpaired) electrons. The smallest absolute Gasteiger partial charge is 0.408 e. The first kappa shape index (κ1) is 13.2. The van der Waals surface area contributed by atoms with Crippen LogP contribution in [0.2, 0.25) is 0 Å². The monoisotopic (exact) mass is 251 g/mol. The summed E-state index contributed by atoms with van der Waals surface area (Å²) in [5, 5.41) is 2.98. The number of nitrogens with one attached hydrogen (secondary N) is 1. The van der Waals surface area contributed by atoms with E-state index in [1.165, 1.54) is 0 Å². The molecule has 0 bridgehead atoms. The quantitative estimate of drug-likeness (QED) is 0.782. The molecule has 1 N–H and O–H groups in total. The Morgan fingerprint density at radius 2 is 2.22 bits per heavy atom. The maximum atomic E-state index is 11.8. The average Bonchev–Trinajstić information content (AvgIpc) is 2.24. The third kappa shape index (κ3) is 2.08. The van der Waals surface area contributed by atoms with Gasteiger partial charge in [-0.2, -0.15) is 0 Å². The fourth-order valence-corrected chi connectivity index (χ4v) is 2.72. The van der Waals surface area contributed by atoms with Crippen LogP contribution in [0.4, 0.5) is 4.79 Å². The molecule has 2 rings (SSSR count). The van der Waals surface area contributed by atoms with Crippen LogP contribution in [0.15, 0.2) is 0 Å². The average molecular weight is 251 g/mol. The molecule has 4 heteroatoms. The molecule has 2 aliphatic rings. The molecule has 18 heavy (non-hydrogen) atoms. The molecule has 1 aliphatic heterocycles. The number of carbonyl (C=O) groups is 1. The molecule has 1 saturated carbocycles. The number of carbonyl (C=O) groups excluding carboxylic acids is 1. The molecule has 2 unspecified atom stereocenters. The van der Waals surface area contributed by atoms with Gasteiger partial charge < -0.3 is 14.8 Å². The predicted octanol–water partition coefficient (Wildman–Crippen LogP) is 2.23. The summed E-state index contributed by atoms with van der Waals surface area (Å²) in [6, 6.07) is 0. The van der Waals surface area contributed by atoms with E-state index in [0.29, 0.717) is 13.0 Å². The van der Waals surface area contributed by atoms with Gasteiger partial charge in [0, 0.05) is 6.42 Å². The molecular formula is C14H21NO3. The number of alkyl carbamates (subject to hydrolysis) is 1. The third-order valence-corrected chi connectivity index (χ3v) is 3.84. The molecule has 1 saturated heterocycles. The lowest BCUT2D eigenvalue weighted by molar-refractivity contribution is -0.290.